The second-order valence-corrected chi connectivity index (χ2v) is 10.6. The van der Waals surface area contributed by atoms with Gasteiger partial charge < -0.3 is 5.32 Å². The Kier molecular flexibility index (Phi) is 6.05. The number of benzene rings is 1. The van der Waals surface area contributed by atoms with E-state index in [1.807, 2.05) is 65.4 Å². The molecule has 1 saturated heterocycles. The summed E-state index contributed by atoms with van der Waals surface area (Å²) in [6.07, 6.45) is 1.70. The molecule has 174 valence electrons. The van der Waals surface area contributed by atoms with Crippen molar-refractivity contribution in [2.45, 2.75) is 37.8 Å². The van der Waals surface area contributed by atoms with E-state index in [0.717, 1.165) is 25.9 Å². The molecule has 5 rings (SSSR count). The number of imide groups is 1. The number of amides is 4. The highest BCUT2D eigenvalue weighted by molar-refractivity contribution is 7.12. The standard InChI is InChI=1S/C25H24N4O3S2/c1-25(12-11-17-7-3-2-4-8-17)23(31)28(24(32)26-25)16-22(30)29-19(21-10-6-14-34-21)15-18(27-29)20-9-5-13-33-20/h2-10,13-14,19H,11-12,15-16H2,1H3,(H,26,32)/t19-,25+/m1/s1. The largest absolute Gasteiger partial charge is 0.325 e. The molecule has 9 heteroatoms. The van der Waals surface area contributed by atoms with Gasteiger partial charge in [-0.2, -0.15) is 5.10 Å². The van der Waals surface area contributed by atoms with Gasteiger partial charge in [0, 0.05) is 11.3 Å². The van der Waals surface area contributed by atoms with Crippen molar-refractivity contribution < 1.29 is 14.4 Å². The van der Waals surface area contributed by atoms with Gasteiger partial charge in [-0.3, -0.25) is 14.5 Å². The highest BCUT2D eigenvalue weighted by atomic mass is 32.1. The number of urea groups is 1. The minimum atomic E-state index is -1.04. The van der Waals surface area contributed by atoms with Gasteiger partial charge in [0.05, 0.1) is 16.6 Å². The lowest BCUT2D eigenvalue weighted by atomic mass is 9.93. The van der Waals surface area contributed by atoms with Crippen molar-refractivity contribution in [1.82, 2.24) is 15.2 Å². The molecule has 2 aliphatic heterocycles. The summed E-state index contributed by atoms with van der Waals surface area (Å²) in [5, 5.41) is 12.8. The van der Waals surface area contributed by atoms with Crippen molar-refractivity contribution in [3.8, 4) is 0 Å². The van der Waals surface area contributed by atoms with Gasteiger partial charge in [0.25, 0.3) is 11.8 Å². The van der Waals surface area contributed by atoms with E-state index in [9.17, 15) is 14.4 Å². The summed E-state index contributed by atoms with van der Waals surface area (Å²) in [5.41, 5.74) is 0.884. The Labute approximate surface area is 205 Å². The molecule has 0 saturated carbocycles. The van der Waals surface area contributed by atoms with Crippen molar-refractivity contribution in [2.75, 3.05) is 6.54 Å². The van der Waals surface area contributed by atoms with Crippen molar-refractivity contribution in [3.05, 3.63) is 80.7 Å². The normalized spacial score (nSPS) is 22.3. The SMILES string of the molecule is C[C@@]1(CCc2ccccc2)NC(=O)N(CC(=O)N2N=C(c3cccs3)C[C@@H]2c2cccs2)C1=O. The molecule has 2 aliphatic rings. The highest BCUT2D eigenvalue weighted by Gasteiger charge is 2.48. The minimum Gasteiger partial charge on any atom is -0.323 e. The summed E-state index contributed by atoms with van der Waals surface area (Å²) < 4.78 is 0. The topological polar surface area (TPSA) is 82.1 Å². The van der Waals surface area contributed by atoms with Crippen LogP contribution >= 0.6 is 22.7 Å². The molecule has 1 N–H and O–H groups in total. The highest BCUT2D eigenvalue weighted by Crippen LogP contribution is 2.36. The van der Waals surface area contributed by atoms with Crippen molar-refractivity contribution in [2.24, 2.45) is 5.10 Å². The zero-order valence-corrected chi connectivity index (χ0v) is 20.3. The quantitative estimate of drug-likeness (QED) is 0.496. The number of carbonyl (C=O) groups is 3. The van der Waals surface area contributed by atoms with E-state index in [1.165, 1.54) is 5.01 Å². The van der Waals surface area contributed by atoms with Gasteiger partial charge >= 0.3 is 6.03 Å². The maximum absolute atomic E-state index is 13.4. The van der Waals surface area contributed by atoms with Gasteiger partial charge in [0.1, 0.15) is 12.1 Å². The fraction of sp³-hybridized carbons (Fsp3) is 0.280. The molecule has 1 fully saturated rings. The molecule has 0 spiro atoms. The summed E-state index contributed by atoms with van der Waals surface area (Å²) in [6.45, 7) is 1.38. The number of aryl methyl sites for hydroxylation is 1. The monoisotopic (exact) mass is 492 g/mol. The lowest BCUT2D eigenvalue weighted by Gasteiger charge is -2.24. The zero-order chi connectivity index (χ0) is 23.7. The molecule has 3 aromatic rings. The van der Waals surface area contributed by atoms with Gasteiger partial charge in [-0.05, 0) is 48.2 Å². The van der Waals surface area contributed by atoms with Gasteiger partial charge in [0.15, 0.2) is 0 Å². The van der Waals surface area contributed by atoms with E-state index < -0.39 is 11.6 Å². The third kappa shape index (κ3) is 4.28. The molecule has 4 heterocycles. The van der Waals surface area contributed by atoms with Crippen LogP contribution in [0, 0.1) is 0 Å². The Morgan fingerprint density at radius 2 is 1.85 bits per heavy atom. The second-order valence-electron chi connectivity index (χ2n) is 8.64. The van der Waals surface area contributed by atoms with Gasteiger partial charge in [-0.1, -0.05) is 42.5 Å². The van der Waals surface area contributed by atoms with Crippen LogP contribution in [0.2, 0.25) is 0 Å². The number of rotatable bonds is 7. The average molecular weight is 493 g/mol. The van der Waals surface area contributed by atoms with Crippen molar-refractivity contribution in [1.29, 1.82) is 0 Å². The Hall–Kier alpha value is -3.30. The molecule has 34 heavy (non-hydrogen) atoms. The van der Waals surface area contributed by atoms with Crippen LogP contribution in [0.5, 0.6) is 0 Å². The van der Waals surface area contributed by atoms with Crippen LogP contribution in [0.15, 0.2) is 70.5 Å². The first kappa shape index (κ1) is 22.5. The minimum absolute atomic E-state index is 0.241. The smallest absolute Gasteiger partial charge is 0.323 e. The summed E-state index contributed by atoms with van der Waals surface area (Å²) in [7, 11) is 0. The molecule has 0 radical (unpaired) electrons. The van der Waals surface area contributed by atoms with E-state index in [0.29, 0.717) is 19.3 Å². The molecule has 2 atom stereocenters. The fourth-order valence-corrected chi connectivity index (χ4v) is 5.87. The third-order valence-electron chi connectivity index (χ3n) is 6.24. The molecular weight excluding hydrogens is 468 g/mol. The predicted molar refractivity (Wildman–Crippen MR) is 133 cm³/mol. The first-order chi connectivity index (χ1) is 16.4. The molecule has 0 bridgehead atoms. The number of nitrogens with zero attached hydrogens (tertiary/aromatic N) is 3. The maximum atomic E-state index is 13.4. The molecule has 0 aliphatic carbocycles. The second kappa shape index (κ2) is 9.15. The molecule has 1 aromatic carbocycles. The molecule has 4 amide bonds. The maximum Gasteiger partial charge on any atom is 0.325 e. The summed E-state index contributed by atoms with van der Waals surface area (Å²) >= 11 is 3.14. The Balaban J connectivity index is 1.32. The Morgan fingerprint density at radius 3 is 2.56 bits per heavy atom. The molecule has 2 aromatic heterocycles. The Bertz CT molecular complexity index is 1220. The molecule has 7 nitrogen and oxygen atoms in total. The van der Waals surface area contributed by atoms with Crippen LogP contribution in [0.4, 0.5) is 4.79 Å². The van der Waals surface area contributed by atoms with Crippen LogP contribution < -0.4 is 5.32 Å². The number of carbonyl (C=O) groups excluding carboxylic acids is 3. The summed E-state index contributed by atoms with van der Waals surface area (Å²) in [5.74, 6) is -0.753. The number of thiophene rings is 2. The van der Waals surface area contributed by atoms with Crippen LogP contribution in [0.3, 0.4) is 0 Å². The van der Waals surface area contributed by atoms with Crippen molar-refractivity contribution in [3.63, 3.8) is 0 Å². The Morgan fingerprint density at radius 1 is 1.09 bits per heavy atom. The van der Waals surface area contributed by atoms with E-state index in [2.05, 4.69) is 10.4 Å². The number of hydrazone groups is 1. The van der Waals surface area contributed by atoms with Gasteiger partial charge in [-0.15, -0.1) is 22.7 Å². The van der Waals surface area contributed by atoms with E-state index in [-0.39, 0.29) is 24.4 Å². The molecule has 0 unspecified atom stereocenters. The average Bonchev–Trinajstić information content (AvgIpc) is 3.63. The first-order valence-corrected chi connectivity index (χ1v) is 12.9. The number of hydrogen-bond acceptors (Lipinski definition) is 6. The lowest BCUT2D eigenvalue weighted by molar-refractivity contribution is -0.139. The van der Waals surface area contributed by atoms with E-state index in [1.54, 1.807) is 29.6 Å². The van der Waals surface area contributed by atoms with Crippen LogP contribution in [0.1, 0.15) is 41.1 Å². The van der Waals surface area contributed by atoms with E-state index in [4.69, 9.17) is 0 Å². The third-order valence-corrected chi connectivity index (χ3v) is 8.13. The number of nitrogens with one attached hydrogen (secondary N) is 1. The molecular formula is C25H24N4O3S2. The summed E-state index contributed by atoms with van der Waals surface area (Å²) in [4.78, 5) is 42.3. The lowest BCUT2D eigenvalue weighted by Crippen LogP contribution is -2.45. The van der Waals surface area contributed by atoms with Crippen LogP contribution in [-0.2, 0) is 16.0 Å². The predicted octanol–water partition coefficient (Wildman–Crippen LogP) is 4.43. The van der Waals surface area contributed by atoms with Gasteiger partial charge in [-0.25, -0.2) is 9.80 Å². The zero-order valence-electron chi connectivity index (χ0n) is 18.6. The number of hydrogen-bond donors (Lipinski definition) is 1. The fourth-order valence-electron chi connectivity index (χ4n) is 4.34. The van der Waals surface area contributed by atoms with Gasteiger partial charge in [0.2, 0.25) is 0 Å². The van der Waals surface area contributed by atoms with Crippen LogP contribution in [-0.4, -0.2) is 45.5 Å². The first-order valence-electron chi connectivity index (χ1n) is 11.1. The van der Waals surface area contributed by atoms with Crippen LogP contribution in [0.25, 0.3) is 0 Å². The summed E-state index contributed by atoms with van der Waals surface area (Å²) in [6, 6.07) is 16.9. The van der Waals surface area contributed by atoms with E-state index >= 15 is 0 Å². The van der Waals surface area contributed by atoms with Crippen molar-refractivity contribution >= 4 is 46.2 Å².